The molecule has 0 radical (unpaired) electrons. The molecule has 3 rings (SSSR count). The normalized spacial score (nSPS) is 55.1. The van der Waals surface area contributed by atoms with Crippen LogP contribution < -0.4 is 0 Å². The van der Waals surface area contributed by atoms with E-state index in [2.05, 4.69) is 13.0 Å². The molecule has 0 aromatic heterocycles. The van der Waals surface area contributed by atoms with Gasteiger partial charge in [0.25, 0.3) is 0 Å². The molecule has 1 nitrogen and oxygen atoms in total. The number of hydrogen-bond donors (Lipinski definition) is 0. The van der Waals surface area contributed by atoms with Crippen molar-refractivity contribution in [1.29, 1.82) is 0 Å². The lowest BCUT2D eigenvalue weighted by atomic mass is 9.69. The van der Waals surface area contributed by atoms with Crippen LogP contribution in [0.2, 0.25) is 0 Å². The van der Waals surface area contributed by atoms with E-state index in [1.807, 2.05) is 6.08 Å². The first-order valence-electron chi connectivity index (χ1n) is 4.95. The summed E-state index contributed by atoms with van der Waals surface area (Å²) in [6, 6.07) is 0. The lowest BCUT2D eigenvalue weighted by Gasteiger charge is -2.33. The van der Waals surface area contributed by atoms with E-state index in [-0.39, 0.29) is 5.41 Å². The summed E-state index contributed by atoms with van der Waals surface area (Å²) in [5.41, 5.74) is 0.264. The van der Waals surface area contributed by atoms with E-state index in [1.165, 1.54) is 19.3 Å². The molecule has 0 heterocycles. The van der Waals surface area contributed by atoms with Gasteiger partial charge in [-0.1, -0.05) is 13.0 Å². The van der Waals surface area contributed by atoms with Crippen LogP contribution in [0.4, 0.5) is 0 Å². The van der Waals surface area contributed by atoms with Gasteiger partial charge in [-0.3, -0.25) is 4.79 Å². The van der Waals surface area contributed by atoms with E-state index in [1.54, 1.807) is 0 Å². The third-order valence-electron chi connectivity index (χ3n) is 4.41. The number of rotatable bonds is 0. The lowest BCUT2D eigenvalue weighted by Crippen LogP contribution is -2.32. The van der Waals surface area contributed by atoms with Crippen LogP contribution in [-0.4, -0.2) is 5.78 Å². The largest absolute Gasteiger partial charge is 0.295 e. The molecule has 1 heteroatoms. The van der Waals surface area contributed by atoms with Crippen LogP contribution in [0.1, 0.15) is 26.2 Å². The molecule has 0 spiro atoms. The predicted molar refractivity (Wildman–Crippen MR) is 46.6 cm³/mol. The zero-order valence-corrected chi connectivity index (χ0v) is 7.42. The second-order valence-electron chi connectivity index (χ2n) is 4.85. The monoisotopic (exact) mass is 162 g/mol. The first-order chi connectivity index (χ1) is 5.72. The molecule has 64 valence electrons. The van der Waals surface area contributed by atoms with Gasteiger partial charge in [0.2, 0.25) is 0 Å². The van der Waals surface area contributed by atoms with Crippen molar-refractivity contribution < 1.29 is 4.79 Å². The molecule has 0 amide bonds. The highest BCUT2D eigenvalue weighted by molar-refractivity contribution is 5.96. The predicted octanol–water partition coefficient (Wildman–Crippen LogP) is 2.18. The van der Waals surface area contributed by atoms with Gasteiger partial charge in [-0.15, -0.1) is 0 Å². The molecule has 2 fully saturated rings. The molecule has 4 atom stereocenters. The maximum atomic E-state index is 11.6. The molecule has 12 heavy (non-hydrogen) atoms. The van der Waals surface area contributed by atoms with Crippen LogP contribution in [0.15, 0.2) is 12.2 Å². The number of fused-ring (bicyclic) bond motifs is 5. The second-order valence-corrected chi connectivity index (χ2v) is 4.85. The highest BCUT2D eigenvalue weighted by atomic mass is 16.1. The Bertz CT molecular complexity index is 279. The first kappa shape index (κ1) is 6.88. The second kappa shape index (κ2) is 1.84. The summed E-state index contributed by atoms with van der Waals surface area (Å²) in [5, 5.41) is 0. The Morgan fingerprint density at radius 3 is 3.08 bits per heavy atom. The van der Waals surface area contributed by atoms with E-state index in [0.717, 1.165) is 11.8 Å². The molecule has 3 aliphatic rings. The van der Waals surface area contributed by atoms with Crippen molar-refractivity contribution in [1.82, 2.24) is 0 Å². The molecular formula is C11H14O. The maximum Gasteiger partial charge on any atom is 0.159 e. The smallest absolute Gasteiger partial charge is 0.159 e. The first-order valence-corrected chi connectivity index (χ1v) is 4.95. The average Bonchev–Trinajstić information content (AvgIpc) is 2.63. The van der Waals surface area contributed by atoms with E-state index in [0.29, 0.717) is 11.7 Å². The number of hydrogen-bond acceptors (Lipinski definition) is 1. The molecule has 0 aromatic carbocycles. The Labute approximate surface area is 72.8 Å². The van der Waals surface area contributed by atoms with Crippen molar-refractivity contribution in [2.75, 3.05) is 0 Å². The zero-order chi connectivity index (χ0) is 8.34. The fraction of sp³-hybridized carbons (Fsp3) is 0.727. The summed E-state index contributed by atoms with van der Waals surface area (Å²) in [7, 11) is 0. The Kier molecular flexibility index (Phi) is 1.05. The van der Waals surface area contributed by atoms with E-state index in [9.17, 15) is 4.79 Å². The number of carbonyl (C=O) groups excluding carboxylic acids is 1. The molecule has 2 saturated carbocycles. The molecule has 3 aliphatic carbocycles. The molecule has 2 bridgehead atoms. The molecule has 0 N–H and O–H groups in total. The van der Waals surface area contributed by atoms with Crippen molar-refractivity contribution in [3.63, 3.8) is 0 Å². The Morgan fingerprint density at radius 2 is 2.33 bits per heavy atom. The summed E-state index contributed by atoms with van der Waals surface area (Å²) in [5.74, 6) is 2.32. The number of allylic oxidation sites excluding steroid dienone is 2. The maximum absolute atomic E-state index is 11.6. The summed E-state index contributed by atoms with van der Waals surface area (Å²) >= 11 is 0. The average molecular weight is 162 g/mol. The standard InChI is InChI=1S/C11H14O/c1-11-5-4-9(12)10(11)7-2-3-8(11)6-7/h4-5,7-8,10H,2-3,6H2,1H3/t7-,8+,10+,11+/m0/s1. The number of ketones is 1. The Hall–Kier alpha value is -0.590. The van der Waals surface area contributed by atoms with Crippen LogP contribution in [0.25, 0.3) is 0 Å². The molecule has 0 aliphatic heterocycles. The molecule has 0 aromatic rings. The van der Waals surface area contributed by atoms with Crippen LogP contribution in [0, 0.1) is 23.2 Å². The van der Waals surface area contributed by atoms with Gasteiger partial charge in [0.15, 0.2) is 5.78 Å². The van der Waals surface area contributed by atoms with Gasteiger partial charge in [-0.05, 0) is 42.6 Å². The van der Waals surface area contributed by atoms with E-state index < -0.39 is 0 Å². The summed E-state index contributed by atoms with van der Waals surface area (Å²) in [6.45, 7) is 2.28. The van der Waals surface area contributed by atoms with Crippen LogP contribution in [0.5, 0.6) is 0 Å². The van der Waals surface area contributed by atoms with E-state index >= 15 is 0 Å². The van der Waals surface area contributed by atoms with Crippen molar-refractivity contribution in [2.24, 2.45) is 23.2 Å². The minimum Gasteiger partial charge on any atom is -0.295 e. The zero-order valence-electron chi connectivity index (χ0n) is 7.42. The Morgan fingerprint density at radius 1 is 1.50 bits per heavy atom. The molecule has 0 unspecified atom stereocenters. The molecular weight excluding hydrogens is 148 g/mol. The van der Waals surface area contributed by atoms with Gasteiger partial charge in [-0.2, -0.15) is 0 Å². The minimum absolute atomic E-state index is 0.264. The van der Waals surface area contributed by atoms with Gasteiger partial charge in [-0.25, -0.2) is 0 Å². The quantitative estimate of drug-likeness (QED) is 0.533. The van der Waals surface area contributed by atoms with Gasteiger partial charge in [0.1, 0.15) is 0 Å². The van der Waals surface area contributed by atoms with Crippen LogP contribution in [-0.2, 0) is 4.79 Å². The van der Waals surface area contributed by atoms with E-state index in [4.69, 9.17) is 0 Å². The highest BCUT2D eigenvalue weighted by Gasteiger charge is 2.58. The third-order valence-corrected chi connectivity index (χ3v) is 4.41. The SMILES string of the molecule is C[C@]12C=CC(=O)[C@H]1[C@H]1CC[C@@H]2C1. The Balaban J connectivity index is 2.10. The van der Waals surface area contributed by atoms with Crippen LogP contribution in [0.3, 0.4) is 0 Å². The van der Waals surface area contributed by atoms with Crippen molar-refractivity contribution in [3.8, 4) is 0 Å². The van der Waals surface area contributed by atoms with Gasteiger partial charge in [0, 0.05) is 5.92 Å². The summed E-state index contributed by atoms with van der Waals surface area (Å²) < 4.78 is 0. The van der Waals surface area contributed by atoms with Gasteiger partial charge in [0.05, 0.1) is 0 Å². The lowest BCUT2D eigenvalue weighted by molar-refractivity contribution is -0.121. The number of carbonyl (C=O) groups is 1. The summed E-state index contributed by atoms with van der Waals surface area (Å²) in [4.78, 5) is 11.6. The fourth-order valence-electron chi connectivity index (χ4n) is 3.79. The fourth-order valence-corrected chi connectivity index (χ4v) is 3.79. The van der Waals surface area contributed by atoms with Gasteiger partial charge < -0.3 is 0 Å². The highest BCUT2D eigenvalue weighted by Crippen LogP contribution is 2.62. The molecule has 0 saturated heterocycles. The summed E-state index contributed by atoms with van der Waals surface area (Å²) in [6.07, 6.45) is 7.99. The minimum atomic E-state index is 0.264. The van der Waals surface area contributed by atoms with Crippen molar-refractivity contribution >= 4 is 5.78 Å². The topological polar surface area (TPSA) is 17.1 Å². The van der Waals surface area contributed by atoms with Gasteiger partial charge >= 0.3 is 0 Å². The van der Waals surface area contributed by atoms with Crippen molar-refractivity contribution in [2.45, 2.75) is 26.2 Å². The van der Waals surface area contributed by atoms with Crippen LogP contribution >= 0.6 is 0 Å². The van der Waals surface area contributed by atoms with Crippen molar-refractivity contribution in [3.05, 3.63) is 12.2 Å². The third kappa shape index (κ3) is 0.562.